The molecule has 4 aromatic rings. The average Bonchev–Trinajstić information content (AvgIpc) is 3.43. The van der Waals surface area contributed by atoms with Crippen LogP contribution in [0.2, 0.25) is 5.02 Å². The summed E-state index contributed by atoms with van der Waals surface area (Å²) in [5.41, 5.74) is 3.88. The molecule has 0 radical (unpaired) electrons. The lowest BCUT2D eigenvalue weighted by atomic mass is 10.0. The van der Waals surface area contributed by atoms with Crippen molar-refractivity contribution in [1.29, 1.82) is 0 Å². The van der Waals surface area contributed by atoms with Gasteiger partial charge in [0.1, 0.15) is 10.6 Å². The smallest absolute Gasteiger partial charge is 0.163 e. The molecule has 3 heterocycles. The highest BCUT2D eigenvalue weighted by Crippen LogP contribution is 2.41. The zero-order chi connectivity index (χ0) is 22.2. The van der Waals surface area contributed by atoms with Crippen molar-refractivity contribution in [2.75, 3.05) is 18.4 Å². The molecule has 1 fully saturated rings. The molecule has 168 valence electrons. The van der Waals surface area contributed by atoms with Crippen molar-refractivity contribution in [3.05, 3.63) is 75.6 Å². The van der Waals surface area contributed by atoms with E-state index in [4.69, 9.17) is 21.6 Å². The molecule has 2 aromatic heterocycles. The number of halogens is 1. The Bertz CT molecular complexity index is 1260. The van der Waals surface area contributed by atoms with E-state index in [1.807, 2.05) is 35.6 Å². The number of nitrogens with zero attached hydrogens (tertiary/aromatic N) is 3. The van der Waals surface area contributed by atoms with Gasteiger partial charge in [0.05, 0.1) is 5.39 Å². The van der Waals surface area contributed by atoms with Crippen LogP contribution in [0.15, 0.2) is 54.6 Å². The largest absolute Gasteiger partial charge is 0.367 e. The molecule has 0 atom stereocenters. The third-order valence-electron chi connectivity index (χ3n) is 6.84. The molecule has 1 saturated heterocycles. The lowest BCUT2D eigenvalue weighted by Crippen LogP contribution is -2.38. The van der Waals surface area contributed by atoms with Gasteiger partial charge in [-0.15, -0.1) is 11.3 Å². The van der Waals surface area contributed by atoms with Gasteiger partial charge in [-0.05, 0) is 67.5 Å². The fraction of sp³-hybridized carbons (Fsp3) is 0.333. The minimum atomic E-state index is 0.435. The summed E-state index contributed by atoms with van der Waals surface area (Å²) in [6.45, 7) is 3.24. The van der Waals surface area contributed by atoms with Crippen molar-refractivity contribution in [2.24, 2.45) is 0 Å². The lowest BCUT2D eigenvalue weighted by molar-refractivity contribution is 0.211. The SMILES string of the molecule is Clc1ccc(-c2nc(NC3CCN(Cc4ccccc4)CC3)c3c4c(sc3n2)CCC4)cc1. The van der Waals surface area contributed by atoms with Crippen molar-refractivity contribution in [2.45, 2.75) is 44.7 Å². The molecule has 1 aliphatic heterocycles. The minimum absolute atomic E-state index is 0.435. The van der Waals surface area contributed by atoms with E-state index in [0.717, 1.165) is 66.0 Å². The van der Waals surface area contributed by atoms with Crippen LogP contribution in [-0.2, 0) is 19.4 Å². The second kappa shape index (κ2) is 9.05. The Balaban J connectivity index is 1.25. The maximum atomic E-state index is 6.11. The first-order chi connectivity index (χ1) is 16.2. The highest BCUT2D eigenvalue weighted by atomic mass is 35.5. The molecule has 0 amide bonds. The Labute approximate surface area is 203 Å². The molecule has 6 rings (SSSR count). The van der Waals surface area contributed by atoms with E-state index < -0.39 is 0 Å². The monoisotopic (exact) mass is 474 g/mol. The van der Waals surface area contributed by atoms with E-state index >= 15 is 0 Å². The number of rotatable bonds is 5. The lowest BCUT2D eigenvalue weighted by Gasteiger charge is -2.32. The van der Waals surface area contributed by atoms with Gasteiger partial charge < -0.3 is 5.32 Å². The van der Waals surface area contributed by atoms with E-state index in [9.17, 15) is 0 Å². The quantitative estimate of drug-likeness (QED) is 0.355. The third-order valence-corrected chi connectivity index (χ3v) is 8.28. The highest BCUT2D eigenvalue weighted by molar-refractivity contribution is 7.19. The Morgan fingerprint density at radius 2 is 1.76 bits per heavy atom. The van der Waals surface area contributed by atoms with Crippen LogP contribution >= 0.6 is 22.9 Å². The third kappa shape index (κ3) is 4.37. The van der Waals surface area contributed by atoms with Gasteiger partial charge in [-0.25, -0.2) is 9.97 Å². The standard InChI is InChI=1S/C27H27ClN4S/c28-20-11-9-19(10-12-20)25-30-26(24-22-7-4-8-23(22)33-27(24)31-25)29-21-13-15-32(16-14-21)17-18-5-2-1-3-6-18/h1-3,5-6,9-12,21H,4,7-8,13-17H2,(H,29,30,31). The summed E-state index contributed by atoms with van der Waals surface area (Å²) in [5.74, 6) is 1.80. The van der Waals surface area contributed by atoms with Crippen LogP contribution in [-0.4, -0.2) is 34.0 Å². The summed E-state index contributed by atoms with van der Waals surface area (Å²) in [4.78, 5) is 15.2. The predicted octanol–water partition coefficient (Wildman–Crippen LogP) is 6.58. The molecule has 1 N–H and O–H groups in total. The van der Waals surface area contributed by atoms with E-state index in [0.29, 0.717) is 6.04 Å². The van der Waals surface area contributed by atoms with Crippen LogP contribution in [0.5, 0.6) is 0 Å². The van der Waals surface area contributed by atoms with Crippen molar-refractivity contribution in [3.8, 4) is 11.4 Å². The molecular weight excluding hydrogens is 448 g/mol. The number of fused-ring (bicyclic) bond motifs is 3. The first kappa shape index (κ1) is 21.1. The predicted molar refractivity (Wildman–Crippen MR) is 138 cm³/mol. The number of hydrogen-bond donors (Lipinski definition) is 1. The molecule has 4 nitrogen and oxygen atoms in total. The normalized spacial score (nSPS) is 16.9. The summed E-state index contributed by atoms with van der Waals surface area (Å²) in [5, 5.41) is 5.84. The van der Waals surface area contributed by atoms with E-state index in [-0.39, 0.29) is 0 Å². The van der Waals surface area contributed by atoms with Crippen LogP contribution in [0, 0.1) is 0 Å². The number of anilines is 1. The molecule has 2 aromatic carbocycles. The maximum absolute atomic E-state index is 6.11. The number of hydrogen-bond acceptors (Lipinski definition) is 5. The zero-order valence-corrected chi connectivity index (χ0v) is 20.1. The van der Waals surface area contributed by atoms with Gasteiger partial charge in [0.2, 0.25) is 0 Å². The van der Waals surface area contributed by atoms with E-state index in [2.05, 4.69) is 40.5 Å². The van der Waals surface area contributed by atoms with Gasteiger partial charge in [-0.3, -0.25) is 4.90 Å². The van der Waals surface area contributed by atoms with E-state index in [1.165, 1.54) is 34.2 Å². The number of aromatic nitrogens is 2. The van der Waals surface area contributed by atoms with E-state index in [1.54, 1.807) is 0 Å². The minimum Gasteiger partial charge on any atom is -0.367 e. The molecular formula is C27H27ClN4S. The Hall–Kier alpha value is -2.47. The van der Waals surface area contributed by atoms with Crippen molar-refractivity contribution >= 4 is 39.0 Å². The summed E-state index contributed by atoms with van der Waals surface area (Å²) < 4.78 is 0. The molecule has 0 saturated carbocycles. The van der Waals surface area contributed by atoms with Gasteiger partial charge >= 0.3 is 0 Å². The van der Waals surface area contributed by atoms with Gasteiger partial charge in [0.25, 0.3) is 0 Å². The van der Waals surface area contributed by atoms with Crippen molar-refractivity contribution in [3.63, 3.8) is 0 Å². The van der Waals surface area contributed by atoms with Crippen LogP contribution in [0.1, 0.15) is 35.3 Å². The summed E-state index contributed by atoms with van der Waals surface area (Å²) in [6.07, 6.45) is 5.81. The number of thiophene rings is 1. The maximum Gasteiger partial charge on any atom is 0.163 e. The van der Waals surface area contributed by atoms with Crippen LogP contribution < -0.4 is 5.32 Å². The van der Waals surface area contributed by atoms with Crippen LogP contribution in [0.4, 0.5) is 5.82 Å². The number of aryl methyl sites for hydroxylation is 2. The first-order valence-corrected chi connectivity index (χ1v) is 13.0. The Kier molecular flexibility index (Phi) is 5.78. The fourth-order valence-electron chi connectivity index (χ4n) is 5.10. The van der Waals surface area contributed by atoms with Crippen molar-refractivity contribution in [1.82, 2.24) is 14.9 Å². The molecule has 6 heteroatoms. The fourth-order valence-corrected chi connectivity index (χ4v) is 6.49. The molecule has 0 spiro atoms. The second-order valence-electron chi connectivity index (χ2n) is 9.12. The Morgan fingerprint density at radius 1 is 0.970 bits per heavy atom. The van der Waals surface area contributed by atoms with Crippen LogP contribution in [0.25, 0.3) is 21.6 Å². The first-order valence-electron chi connectivity index (χ1n) is 11.8. The molecule has 2 aliphatic rings. The summed E-state index contributed by atoms with van der Waals surface area (Å²) in [7, 11) is 0. The van der Waals surface area contributed by atoms with Gasteiger partial charge in [0.15, 0.2) is 5.82 Å². The summed E-state index contributed by atoms with van der Waals surface area (Å²) in [6, 6.07) is 19.1. The molecule has 1 aliphatic carbocycles. The molecule has 0 unspecified atom stereocenters. The average molecular weight is 475 g/mol. The molecule has 0 bridgehead atoms. The number of likely N-dealkylation sites (tertiary alicyclic amines) is 1. The topological polar surface area (TPSA) is 41.1 Å². The van der Waals surface area contributed by atoms with Crippen LogP contribution in [0.3, 0.4) is 0 Å². The second-order valence-corrected chi connectivity index (χ2v) is 10.6. The molecule has 33 heavy (non-hydrogen) atoms. The zero-order valence-electron chi connectivity index (χ0n) is 18.6. The van der Waals surface area contributed by atoms with Gasteiger partial charge in [0, 0.05) is 41.1 Å². The number of benzene rings is 2. The number of nitrogens with one attached hydrogen (secondary N) is 1. The summed E-state index contributed by atoms with van der Waals surface area (Å²) >= 11 is 7.96. The number of piperidine rings is 1. The Morgan fingerprint density at radius 3 is 2.55 bits per heavy atom. The van der Waals surface area contributed by atoms with Gasteiger partial charge in [-0.2, -0.15) is 0 Å². The highest BCUT2D eigenvalue weighted by Gasteiger charge is 2.25. The van der Waals surface area contributed by atoms with Gasteiger partial charge in [-0.1, -0.05) is 41.9 Å². The van der Waals surface area contributed by atoms with Crippen molar-refractivity contribution < 1.29 is 0 Å².